The molecule has 0 aliphatic carbocycles. The van der Waals surface area contributed by atoms with Gasteiger partial charge in [-0.3, -0.25) is 4.90 Å². The van der Waals surface area contributed by atoms with Crippen molar-refractivity contribution in [1.82, 2.24) is 0 Å². The molecule has 17 heavy (non-hydrogen) atoms. The quantitative estimate of drug-likeness (QED) is 0.781. The molecule has 2 aliphatic heterocycles. The molecule has 0 saturated carbocycles. The van der Waals surface area contributed by atoms with Gasteiger partial charge in [-0.05, 0) is 6.42 Å². The van der Waals surface area contributed by atoms with Gasteiger partial charge in [0.25, 0.3) is 0 Å². The highest BCUT2D eigenvalue weighted by molar-refractivity contribution is 5.18. The molecule has 3 nitrogen and oxygen atoms in total. The molecule has 3 heteroatoms. The summed E-state index contributed by atoms with van der Waals surface area (Å²) < 4.78 is 5.87. The second-order valence-electron chi connectivity index (χ2n) is 4.90. The first-order valence-electron chi connectivity index (χ1n) is 6.33. The zero-order valence-corrected chi connectivity index (χ0v) is 9.80. The van der Waals surface area contributed by atoms with Crippen LogP contribution in [0.4, 0.5) is 0 Å². The van der Waals surface area contributed by atoms with E-state index in [0.29, 0.717) is 6.04 Å². The Morgan fingerprint density at radius 3 is 2.82 bits per heavy atom. The molecule has 88 valence electrons. The number of nitrogens with one attached hydrogen (secondary N) is 1. The van der Waals surface area contributed by atoms with Crippen LogP contribution in [0.2, 0.25) is 0 Å². The van der Waals surface area contributed by atoms with Gasteiger partial charge in [0.05, 0.1) is 0 Å². The van der Waals surface area contributed by atoms with E-state index in [1.165, 1.54) is 10.5 Å². The van der Waals surface area contributed by atoms with Crippen molar-refractivity contribution >= 4 is 0 Å². The molecule has 1 unspecified atom stereocenters. The number of ether oxygens (including phenoxy) is 1. The van der Waals surface area contributed by atoms with E-state index in [1.807, 2.05) is 6.07 Å². The molecule has 4 atom stereocenters. The number of benzene rings is 1. The minimum Gasteiger partial charge on any atom is -0.323 e. The molecule has 0 amide bonds. The lowest BCUT2D eigenvalue weighted by molar-refractivity contribution is -0.973. The van der Waals surface area contributed by atoms with E-state index < -0.39 is 0 Å². The Morgan fingerprint density at radius 2 is 2.06 bits per heavy atom. The van der Waals surface area contributed by atoms with Crippen molar-refractivity contribution in [3.8, 4) is 6.07 Å². The molecule has 2 saturated heterocycles. The Balaban J connectivity index is 1.89. The first kappa shape index (κ1) is 10.8. The van der Waals surface area contributed by atoms with Crippen LogP contribution in [-0.2, 0) is 4.74 Å². The number of hydrogen-bond donors (Lipinski definition) is 1. The third-order valence-electron chi connectivity index (χ3n) is 3.96. The molecule has 0 aromatic heterocycles. The van der Waals surface area contributed by atoms with Crippen molar-refractivity contribution < 1.29 is 9.64 Å². The molecular weight excluding hydrogens is 212 g/mol. The minimum absolute atomic E-state index is 0.0986. The smallest absolute Gasteiger partial charge is 0.193 e. The van der Waals surface area contributed by atoms with Gasteiger partial charge >= 0.3 is 0 Å². The number of quaternary nitrogens is 1. The first-order chi connectivity index (χ1) is 8.40. The summed E-state index contributed by atoms with van der Waals surface area (Å²) in [6.07, 6.45) is 3.46. The summed E-state index contributed by atoms with van der Waals surface area (Å²) in [5.74, 6) is 0. The van der Waals surface area contributed by atoms with E-state index in [2.05, 4.69) is 30.3 Å². The van der Waals surface area contributed by atoms with Gasteiger partial charge < -0.3 is 4.74 Å². The first-order valence-corrected chi connectivity index (χ1v) is 6.33. The zero-order valence-electron chi connectivity index (χ0n) is 9.80. The van der Waals surface area contributed by atoms with Gasteiger partial charge in [-0.1, -0.05) is 30.3 Å². The van der Waals surface area contributed by atoms with Crippen LogP contribution >= 0.6 is 0 Å². The second-order valence-corrected chi connectivity index (χ2v) is 4.90. The van der Waals surface area contributed by atoms with Crippen molar-refractivity contribution in [1.29, 1.82) is 5.26 Å². The standard InChI is InChI=1S/C14H16N2O/c15-9-12-7-4-8-14-16(12)13(10-17-14)11-5-2-1-3-6-11/h1-3,5-6,12-14H,4,7-8,10H2/p+1/t12-,13+,14+/m0/s1. The van der Waals surface area contributed by atoms with Crippen molar-refractivity contribution in [2.75, 3.05) is 6.61 Å². The third-order valence-corrected chi connectivity index (χ3v) is 3.96. The van der Waals surface area contributed by atoms with Crippen LogP contribution in [0.1, 0.15) is 30.9 Å². The fourth-order valence-corrected chi connectivity index (χ4v) is 3.13. The lowest BCUT2D eigenvalue weighted by Gasteiger charge is -2.32. The summed E-state index contributed by atoms with van der Waals surface area (Å²) >= 11 is 0. The van der Waals surface area contributed by atoms with Crippen LogP contribution in [0, 0.1) is 11.3 Å². The van der Waals surface area contributed by atoms with Crippen LogP contribution < -0.4 is 4.90 Å². The molecule has 2 fully saturated rings. The summed E-state index contributed by atoms with van der Waals surface area (Å²) in [5.41, 5.74) is 1.30. The maximum Gasteiger partial charge on any atom is 0.193 e. The lowest BCUT2D eigenvalue weighted by Crippen LogP contribution is -3.18. The van der Waals surface area contributed by atoms with E-state index in [-0.39, 0.29) is 12.3 Å². The van der Waals surface area contributed by atoms with Crippen LogP contribution in [0.3, 0.4) is 0 Å². The van der Waals surface area contributed by atoms with Gasteiger partial charge in [0.2, 0.25) is 0 Å². The molecule has 2 aliphatic rings. The monoisotopic (exact) mass is 229 g/mol. The molecule has 1 N–H and O–H groups in total. The highest BCUT2D eigenvalue weighted by atomic mass is 16.5. The highest BCUT2D eigenvalue weighted by Crippen LogP contribution is 2.22. The predicted octanol–water partition coefficient (Wildman–Crippen LogP) is 1.04. The summed E-state index contributed by atoms with van der Waals surface area (Å²) in [6.45, 7) is 0.752. The van der Waals surface area contributed by atoms with Gasteiger partial charge in [-0.25, -0.2) is 0 Å². The third kappa shape index (κ3) is 1.84. The average molecular weight is 229 g/mol. The predicted molar refractivity (Wildman–Crippen MR) is 63.1 cm³/mol. The Kier molecular flexibility index (Phi) is 2.84. The highest BCUT2D eigenvalue weighted by Gasteiger charge is 2.46. The molecular formula is C14H17N2O+. The van der Waals surface area contributed by atoms with Gasteiger partial charge in [-0.2, -0.15) is 5.26 Å². The number of fused-ring (bicyclic) bond motifs is 1. The summed E-state index contributed by atoms with van der Waals surface area (Å²) in [5, 5.41) is 9.28. The van der Waals surface area contributed by atoms with Crippen LogP contribution in [0.5, 0.6) is 0 Å². The summed E-state index contributed by atoms with van der Waals surface area (Å²) in [7, 11) is 0. The van der Waals surface area contributed by atoms with Gasteiger partial charge in [0, 0.05) is 18.4 Å². The normalized spacial score (nSPS) is 36.2. The Bertz CT molecular complexity index is 426. The Morgan fingerprint density at radius 1 is 1.24 bits per heavy atom. The molecule has 0 spiro atoms. The van der Waals surface area contributed by atoms with Gasteiger partial charge in [0.15, 0.2) is 12.3 Å². The maximum atomic E-state index is 9.28. The number of rotatable bonds is 1. The fraction of sp³-hybridized carbons (Fsp3) is 0.500. The number of piperidine rings is 1. The number of nitrogens with zero attached hydrogens (tertiary/aromatic N) is 1. The Labute approximate surface area is 102 Å². The molecule has 1 aromatic rings. The van der Waals surface area contributed by atoms with Gasteiger partial charge in [-0.15, -0.1) is 0 Å². The van der Waals surface area contributed by atoms with Crippen LogP contribution in [0.25, 0.3) is 0 Å². The van der Waals surface area contributed by atoms with E-state index in [1.54, 1.807) is 0 Å². The van der Waals surface area contributed by atoms with Crippen molar-refractivity contribution in [3.63, 3.8) is 0 Å². The largest absolute Gasteiger partial charge is 0.323 e. The number of nitriles is 1. The molecule has 1 aromatic carbocycles. The molecule has 0 bridgehead atoms. The van der Waals surface area contributed by atoms with E-state index in [0.717, 1.165) is 25.9 Å². The summed E-state index contributed by atoms with van der Waals surface area (Å²) in [6, 6.07) is 13.3. The van der Waals surface area contributed by atoms with Crippen molar-refractivity contribution in [2.45, 2.75) is 37.6 Å². The molecule has 0 radical (unpaired) electrons. The zero-order chi connectivity index (χ0) is 11.7. The SMILES string of the molecule is N#C[C@@H]1CCC[C@H]2OC[C@H](c3ccccc3)[NH+]12. The van der Waals surface area contributed by atoms with Crippen molar-refractivity contribution in [3.05, 3.63) is 35.9 Å². The minimum atomic E-state index is 0.0986. The van der Waals surface area contributed by atoms with Gasteiger partial charge in [0.1, 0.15) is 18.7 Å². The van der Waals surface area contributed by atoms with Crippen LogP contribution in [0.15, 0.2) is 30.3 Å². The average Bonchev–Trinajstić information content (AvgIpc) is 2.83. The fourth-order valence-electron chi connectivity index (χ4n) is 3.13. The van der Waals surface area contributed by atoms with E-state index in [9.17, 15) is 5.26 Å². The van der Waals surface area contributed by atoms with Crippen molar-refractivity contribution in [2.24, 2.45) is 0 Å². The number of hydrogen-bond acceptors (Lipinski definition) is 2. The van der Waals surface area contributed by atoms with E-state index in [4.69, 9.17) is 4.74 Å². The second kappa shape index (κ2) is 4.48. The van der Waals surface area contributed by atoms with E-state index >= 15 is 0 Å². The maximum absolute atomic E-state index is 9.28. The topological polar surface area (TPSA) is 37.5 Å². The molecule has 2 heterocycles. The molecule has 3 rings (SSSR count). The summed E-state index contributed by atoms with van der Waals surface area (Å²) in [4.78, 5) is 1.34. The van der Waals surface area contributed by atoms with Crippen LogP contribution in [-0.4, -0.2) is 18.9 Å². The Hall–Kier alpha value is -1.37. The lowest BCUT2D eigenvalue weighted by atomic mass is 9.98.